The van der Waals surface area contributed by atoms with E-state index < -0.39 is 6.04 Å². The van der Waals surface area contributed by atoms with Gasteiger partial charge in [-0.1, -0.05) is 0 Å². The number of rotatable bonds is 13. The Kier molecular flexibility index (Phi) is 11.0. The van der Waals surface area contributed by atoms with Crippen molar-refractivity contribution in [3.8, 4) is 17.2 Å². The number of carbonyl (C=O) groups excluding carboxylic acids is 3. The number of carbonyl (C=O) groups is 3. The van der Waals surface area contributed by atoms with Crippen LogP contribution in [0.15, 0.2) is 42.5 Å². The normalized spacial score (nSPS) is 11.2. The number of benzene rings is 2. The molecule has 0 bridgehead atoms. The zero-order chi connectivity index (χ0) is 24.9. The molecule has 0 saturated heterocycles. The van der Waals surface area contributed by atoms with E-state index in [1.807, 2.05) is 6.26 Å². The molecule has 0 spiro atoms. The van der Waals surface area contributed by atoms with Crippen molar-refractivity contribution < 1.29 is 28.6 Å². The summed E-state index contributed by atoms with van der Waals surface area (Å²) < 4.78 is 15.5. The lowest BCUT2D eigenvalue weighted by Gasteiger charge is -2.18. The van der Waals surface area contributed by atoms with Crippen LogP contribution in [0.4, 0.5) is 5.69 Å². The van der Waals surface area contributed by atoms with E-state index in [9.17, 15) is 14.4 Å². The molecule has 0 aliphatic carbocycles. The Morgan fingerprint density at radius 3 is 2.26 bits per heavy atom. The molecule has 0 unspecified atom stereocenters. The van der Waals surface area contributed by atoms with Crippen molar-refractivity contribution in [2.24, 2.45) is 0 Å². The molecular weight excluding hydrogens is 458 g/mol. The molecule has 3 amide bonds. The Labute approximate surface area is 203 Å². The van der Waals surface area contributed by atoms with Crippen molar-refractivity contribution in [1.29, 1.82) is 0 Å². The molecule has 2 aromatic rings. The van der Waals surface area contributed by atoms with E-state index in [2.05, 4.69) is 16.0 Å². The standard InChI is InChI=1S/C24H31N3O6S/c1-31-18-8-6-17(7-9-18)26-24(30)19(12-14-34-4)27-22(28)11-13-25-23(29)16-5-10-20(32-2)21(15-16)33-3/h5-10,15,19H,11-14H2,1-4H3,(H,25,29)(H,26,30)(H,27,28)/t19-/m0/s1. The maximum atomic E-state index is 12.7. The Balaban J connectivity index is 1.88. The average Bonchev–Trinajstić information content (AvgIpc) is 2.86. The molecule has 0 saturated carbocycles. The van der Waals surface area contributed by atoms with Crippen LogP contribution in [0.3, 0.4) is 0 Å². The van der Waals surface area contributed by atoms with Gasteiger partial charge < -0.3 is 30.2 Å². The highest BCUT2D eigenvalue weighted by Gasteiger charge is 2.21. The highest BCUT2D eigenvalue weighted by molar-refractivity contribution is 7.98. The molecule has 0 aliphatic heterocycles. The summed E-state index contributed by atoms with van der Waals surface area (Å²) in [6.45, 7) is 0.119. The number of anilines is 1. The van der Waals surface area contributed by atoms with Crippen LogP contribution >= 0.6 is 11.8 Å². The van der Waals surface area contributed by atoms with E-state index in [1.165, 1.54) is 14.2 Å². The number of thioether (sulfide) groups is 1. The first-order valence-corrected chi connectivity index (χ1v) is 12.0. The predicted octanol–water partition coefficient (Wildman–Crippen LogP) is 2.71. The monoisotopic (exact) mass is 489 g/mol. The van der Waals surface area contributed by atoms with Crippen LogP contribution in [0.5, 0.6) is 17.2 Å². The van der Waals surface area contributed by atoms with Gasteiger partial charge in [-0.3, -0.25) is 14.4 Å². The predicted molar refractivity (Wildman–Crippen MR) is 133 cm³/mol. The molecule has 1 atom stereocenters. The summed E-state index contributed by atoms with van der Waals surface area (Å²) in [6, 6.07) is 11.1. The Bertz CT molecular complexity index is 968. The summed E-state index contributed by atoms with van der Waals surface area (Å²) >= 11 is 1.59. The fourth-order valence-electron chi connectivity index (χ4n) is 3.04. The van der Waals surface area contributed by atoms with Gasteiger partial charge in [0.25, 0.3) is 5.91 Å². The maximum absolute atomic E-state index is 12.7. The first kappa shape index (κ1) is 26.8. The number of hydrogen-bond acceptors (Lipinski definition) is 7. The third kappa shape index (κ3) is 8.18. The molecule has 10 heteroatoms. The number of ether oxygens (including phenoxy) is 3. The zero-order valence-electron chi connectivity index (χ0n) is 19.8. The summed E-state index contributed by atoms with van der Waals surface area (Å²) in [5, 5.41) is 8.28. The van der Waals surface area contributed by atoms with Gasteiger partial charge in [-0.25, -0.2) is 0 Å². The summed E-state index contributed by atoms with van der Waals surface area (Å²) in [5.74, 6) is 1.36. The summed E-state index contributed by atoms with van der Waals surface area (Å²) in [6.07, 6.45) is 2.45. The third-order valence-electron chi connectivity index (χ3n) is 4.90. The minimum atomic E-state index is -0.691. The van der Waals surface area contributed by atoms with Crippen molar-refractivity contribution in [2.75, 3.05) is 45.2 Å². The van der Waals surface area contributed by atoms with Gasteiger partial charge in [0, 0.05) is 24.2 Å². The van der Waals surface area contributed by atoms with Crippen LogP contribution in [0, 0.1) is 0 Å². The second-order valence-corrected chi connectivity index (χ2v) is 8.18. The van der Waals surface area contributed by atoms with E-state index in [4.69, 9.17) is 14.2 Å². The van der Waals surface area contributed by atoms with E-state index in [1.54, 1.807) is 61.3 Å². The van der Waals surface area contributed by atoms with Gasteiger partial charge in [-0.15, -0.1) is 0 Å². The van der Waals surface area contributed by atoms with Crippen LogP contribution < -0.4 is 30.2 Å². The van der Waals surface area contributed by atoms with Gasteiger partial charge in [0.1, 0.15) is 11.8 Å². The Hall–Kier alpha value is -3.40. The number of hydrogen-bond donors (Lipinski definition) is 3. The minimum absolute atomic E-state index is 0.0324. The third-order valence-corrected chi connectivity index (χ3v) is 5.55. The van der Waals surface area contributed by atoms with Crippen molar-refractivity contribution in [3.63, 3.8) is 0 Å². The molecule has 0 fully saturated rings. The van der Waals surface area contributed by atoms with E-state index in [-0.39, 0.29) is 30.7 Å². The van der Waals surface area contributed by atoms with E-state index in [0.29, 0.717) is 40.7 Å². The van der Waals surface area contributed by atoms with Gasteiger partial charge in [-0.2, -0.15) is 11.8 Å². The minimum Gasteiger partial charge on any atom is -0.497 e. The SMILES string of the molecule is COc1ccc(NC(=O)[C@H](CCSC)NC(=O)CCNC(=O)c2ccc(OC)c(OC)c2)cc1. The van der Waals surface area contributed by atoms with Crippen molar-refractivity contribution >= 4 is 35.2 Å². The fourth-order valence-corrected chi connectivity index (χ4v) is 3.52. The van der Waals surface area contributed by atoms with Crippen LogP contribution in [-0.2, 0) is 9.59 Å². The molecular formula is C24H31N3O6S. The largest absolute Gasteiger partial charge is 0.497 e. The van der Waals surface area contributed by atoms with Crippen LogP contribution in [0.25, 0.3) is 0 Å². The molecule has 3 N–H and O–H groups in total. The summed E-state index contributed by atoms with van der Waals surface area (Å²) in [7, 11) is 4.57. The van der Waals surface area contributed by atoms with Crippen molar-refractivity contribution in [3.05, 3.63) is 48.0 Å². The Morgan fingerprint density at radius 2 is 1.65 bits per heavy atom. The van der Waals surface area contributed by atoms with Crippen LogP contribution in [-0.4, -0.2) is 63.6 Å². The number of nitrogens with one attached hydrogen (secondary N) is 3. The summed E-state index contributed by atoms with van der Waals surface area (Å²) in [5.41, 5.74) is 0.992. The zero-order valence-corrected chi connectivity index (χ0v) is 20.6. The smallest absolute Gasteiger partial charge is 0.251 e. The molecule has 34 heavy (non-hydrogen) atoms. The summed E-state index contributed by atoms with van der Waals surface area (Å²) in [4.78, 5) is 37.6. The number of amides is 3. The lowest BCUT2D eigenvalue weighted by Crippen LogP contribution is -2.45. The van der Waals surface area contributed by atoms with Gasteiger partial charge in [0.2, 0.25) is 11.8 Å². The quantitative estimate of drug-likeness (QED) is 0.396. The Morgan fingerprint density at radius 1 is 0.941 bits per heavy atom. The van der Waals surface area contributed by atoms with Gasteiger partial charge >= 0.3 is 0 Å². The van der Waals surface area contributed by atoms with Crippen LogP contribution in [0.1, 0.15) is 23.2 Å². The molecule has 0 radical (unpaired) electrons. The first-order valence-electron chi connectivity index (χ1n) is 10.6. The molecule has 184 valence electrons. The second kappa shape index (κ2) is 14.0. The molecule has 9 nitrogen and oxygen atoms in total. The van der Waals surface area contributed by atoms with Gasteiger partial charge in [0.15, 0.2) is 11.5 Å². The second-order valence-electron chi connectivity index (χ2n) is 7.19. The maximum Gasteiger partial charge on any atom is 0.251 e. The molecule has 0 heterocycles. The molecule has 2 aromatic carbocycles. The highest BCUT2D eigenvalue weighted by atomic mass is 32.2. The van der Waals surface area contributed by atoms with Crippen molar-refractivity contribution in [2.45, 2.75) is 18.9 Å². The van der Waals surface area contributed by atoms with Gasteiger partial charge in [-0.05, 0) is 60.9 Å². The highest BCUT2D eigenvalue weighted by Crippen LogP contribution is 2.27. The lowest BCUT2D eigenvalue weighted by atomic mass is 10.1. The first-order chi connectivity index (χ1) is 16.4. The number of methoxy groups -OCH3 is 3. The average molecular weight is 490 g/mol. The van der Waals surface area contributed by atoms with Crippen molar-refractivity contribution in [1.82, 2.24) is 10.6 Å². The molecule has 2 rings (SSSR count). The lowest BCUT2D eigenvalue weighted by molar-refractivity contribution is -0.126. The molecule has 0 aromatic heterocycles. The fraction of sp³-hybridized carbons (Fsp3) is 0.375. The molecule has 0 aliphatic rings. The van der Waals surface area contributed by atoms with E-state index in [0.717, 1.165) is 0 Å². The van der Waals surface area contributed by atoms with Gasteiger partial charge in [0.05, 0.1) is 21.3 Å². The van der Waals surface area contributed by atoms with Crippen LogP contribution in [0.2, 0.25) is 0 Å². The van der Waals surface area contributed by atoms with E-state index >= 15 is 0 Å². The topological polar surface area (TPSA) is 115 Å².